The predicted octanol–water partition coefficient (Wildman–Crippen LogP) is 1.92. The first kappa shape index (κ1) is 30.8. The number of nitrogen functional groups attached to an aromatic ring is 1. The fraction of sp³-hybridized carbons (Fsp3) is 0.364. The van der Waals surface area contributed by atoms with Crippen LogP contribution in [0.25, 0.3) is 5.57 Å². The minimum Gasteiger partial charge on any atom is -0.398 e. The molecule has 1 aromatic heterocycles. The summed E-state index contributed by atoms with van der Waals surface area (Å²) in [4.78, 5) is 42.3. The number of nitrogens with two attached hydrogens (primary N) is 2. The minimum absolute atomic E-state index is 0.0623. The molecule has 0 unspecified atom stereocenters. The van der Waals surface area contributed by atoms with E-state index in [1.54, 1.807) is 31.1 Å². The molecule has 2 amide bonds. The molecule has 46 heavy (non-hydrogen) atoms. The highest BCUT2D eigenvalue weighted by Crippen LogP contribution is 2.42. The van der Waals surface area contributed by atoms with Gasteiger partial charge in [0, 0.05) is 62.8 Å². The number of aryl methyl sites for hydroxylation is 1. The molecule has 2 saturated heterocycles. The van der Waals surface area contributed by atoms with Gasteiger partial charge in [-0.2, -0.15) is 15.0 Å². The maximum atomic E-state index is 13.8. The van der Waals surface area contributed by atoms with Gasteiger partial charge in [0.1, 0.15) is 17.9 Å². The number of carbonyl (C=O) groups is 2. The highest BCUT2D eigenvalue weighted by molar-refractivity contribution is 6.13. The van der Waals surface area contributed by atoms with Crippen LogP contribution >= 0.6 is 0 Å². The zero-order valence-corrected chi connectivity index (χ0v) is 26.2. The van der Waals surface area contributed by atoms with Gasteiger partial charge < -0.3 is 21.3 Å². The highest BCUT2D eigenvalue weighted by Gasteiger charge is 2.51. The fourth-order valence-electron chi connectivity index (χ4n) is 6.56. The molecular weight excluding hydrogens is 582 g/mol. The second-order valence-electron chi connectivity index (χ2n) is 12.1. The van der Waals surface area contributed by atoms with Crippen molar-refractivity contribution in [2.24, 2.45) is 28.2 Å². The van der Waals surface area contributed by atoms with Crippen LogP contribution in [0.4, 0.5) is 11.4 Å². The molecular formula is C33H39N11O2. The van der Waals surface area contributed by atoms with Gasteiger partial charge in [0.15, 0.2) is 0 Å². The van der Waals surface area contributed by atoms with Gasteiger partial charge in [-0.3, -0.25) is 24.9 Å². The number of nitrogens with zero attached hydrogens (tertiary/aromatic N) is 8. The average molecular weight is 622 g/mol. The Balaban J connectivity index is 1.05. The molecule has 6 rings (SSSR count). The standard InChI is InChI=1S/C33H39N11O2/c1-37-21-38-31(36)24-5-3-22(4-6-24)23-9-13-43(14-10-23)29(45)19-42-15-11-33(20-42)12-16-44(32(33)46)25-7-8-27(34)26(17-25)30(35)28-18-39-41(2)40-28/h3-9,17-18,21,35H,10-16,19-20,34H2,1-2H3,(H2,36,37,38)/t33-/m0/s1. The van der Waals surface area contributed by atoms with Gasteiger partial charge in [-0.25, -0.2) is 4.99 Å². The molecule has 3 aliphatic heterocycles. The van der Waals surface area contributed by atoms with Crippen molar-refractivity contribution in [3.8, 4) is 0 Å². The summed E-state index contributed by atoms with van der Waals surface area (Å²) in [5.74, 6) is 0.558. The number of amides is 2. The van der Waals surface area contributed by atoms with E-state index in [0.717, 1.165) is 24.0 Å². The number of carbonyl (C=O) groups excluding carboxylic acids is 2. The summed E-state index contributed by atoms with van der Waals surface area (Å²) in [6.45, 7) is 3.35. The van der Waals surface area contributed by atoms with Crippen molar-refractivity contribution in [1.29, 1.82) is 5.41 Å². The Morgan fingerprint density at radius 3 is 2.61 bits per heavy atom. The third kappa shape index (κ3) is 6.05. The van der Waals surface area contributed by atoms with Crippen molar-refractivity contribution < 1.29 is 9.59 Å². The number of amidine groups is 1. The van der Waals surface area contributed by atoms with Crippen LogP contribution in [0.1, 0.15) is 41.6 Å². The van der Waals surface area contributed by atoms with Crippen molar-refractivity contribution in [1.82, 2.24) is 24.8 Å². The van der Waals surface area contributed by atoms with Crippen LogP contribution in [-0.2, 0) is 16.6 Å². The number of hydrogen-bond donors (Lipinski definition) is 3. The number of rotatable bonds is 8. The zero-order valence-electron chi connectivity index (χ0n) is 26.2. The molecule has 5 N–H and O–H groups in total. The Labute approximate surface area is 267 Å². The Kier molecular flexibility index (Phi) is 8.50. The van der Waals surface area contributed by atoms with E-state index in [1.807, 2.05) is 35.2 Å². The molecule has 4 heterocycles. The van der Waals surface area contributed by atoms with Crippen LogP contribution in [0.15, 0.2) is 64.7 Å². The number of anilines is 2. The van der Waals surface area contributed by atoms with Gasteiger partial charge in [-0.1, -0.05) is 30.3 Å². The molecule has 2 aromatic carbocycles. The first-order chi connectivity index (χ1) is 22.2. The third-order valence-electron chi connectivity index (χ3n) is 9.20. The normalized spacial score (nSPS) is 20.7. The van der Waals surface area contributed by atoms with E-state index in [-0.39, 0.29) is 17.5 Å². The van der Waals surface area contributed by atoms with E-state index in [4.69, 9.17) is 16.9 Å². The second kappa shape index (κ2) is 12.7. The predicted molar refractivity (Wildman–Crippen MR) is 179 cm³/mol. The zero-order chi connectivity index (χ0) is 32.4. The molecule has 238 valence electrons. The Morgan fingerprint density at radius 2 is 1.91 bits per heavy atom. The van der Waals surface area contributed by atoms with Crippen LogP contribution in [0.3, 0.4) is 0 Å². The quantitative estimate of drug-likeness (QED) is 0.196. The second-order valence-corrected chi connectivity index (χ2v) is 12.1. The lowest BCUT2D eigenvalue weighted by molar-refractivity contribution is -0.132. The molecule has 1 atom stereocenters. The van der Waals surface area contributed by atoms with E-state index in [1.165, 1.54) is 22.9 Å². The maximum Gasteiger partial charge on any atom is 0.237 e. The van der Waals surface area contributed by atoms with Gasteiger partial charge in [0.05, 0.1) is 23.9 Å². The fourth-order valence-corrected chi connectivity index (χ4v) is 6.56. The number of aromatic nitrogens is 3. The molecule has 3 aromatic rings. The van der Waals surface area contributed by atoms with Gasteiger partial charge in [0.2, 0.25) is 11.8 Å². The summed E-state index contributed by atoms with van der Waals surface area (Å²) < 4.78 is 0. The maximum absolute atomic E-state index is 13.8. The number of benzene rings is 2. The van der Waals surface area contributed by atoms with Crippen LogP contribution in [0.5, 0.6) is 0 Å². The third-order valence-corrected chi connectivity index (χ3v) is 9.20. The number of aliphatic imine (C=N–C) groups is 2. The monoisotopic (exact) mass is 621 g/mol. The Bertz CT molecular complexity index is 1760. The lowest BCUT2D eigenvalue weighted by atomic mass is 9.85. The van der Waals surface area contributed by atoms with E-state index >= 15 is 0 Å². The molecule has 1 spiro atoms. The summed E-state index contributed by atoms with van der Waals surface area (Å²) in [6, 6.07) is 13.3. The van der Waals surface area contributed by atoms with Gasteiger partial charge in [-0.05, 0) is 55.1 Å². The Morgan fingerprint density at radius 1 is 1.13 bits per heavy atom. The number of nitrogens with one attached hydrogen (secondary N) is 1. The first-order valence-electron chi connectivity index (χ1n) is 15.4. The molecule has 2 fully saturated rings. The molecule has 3 aliphatic rings. The van der Waals surface area contributed by atoms with Gasteiger partial charge in [-0.15, -0.1) is 0 Å². The molecule has 0 bridgehead atoms. The Hall–Kier alpha value is -5.17. The largest absolute Gasteiger partial charge is 0.398 e. The average Bonchev–Trinajstić information content (AvgIpc) is 3.78. The SMILES string of the molecule is CN=CN=C(N)c1ccc(C2=CCN(C(=O)CN3CC[C@]4(CCN(c5ccc(N)c(C(=N)c6cnn(C)n6)c5)C4=O)C3)CC2)cc1. The van der Waals surface area contributed by atoms with Crippen LogP contribution in [0.2, 0.25) is 0 Å². The van der Waals surface area contributed by atoms with Crippen molar-refractivity contribution >= 4 is 46.6 Å². The summed E-state index contributed by atoms with van der Waals surface area (Å²) in [5, 5.41) is 16.9. The summed E-state index contributed by atoms with van der Waals surface area (Å²) >= 11 is 0. The topological polar surface area (TPSA) is 175 Å². The van der Waals surface area contributed by atoms with Crippen LogP contribution in [-0.4, -0.2) is 101 Å². The van der Waals surface area contributed by atoms with E-state index in [0.29, 0.717) is 74.2 Å². The van der Waals surface area contributed by atoms with Crippen molar-refractivity contribution in [3.63, 3.8) is 0 Å². The lowest BCUT2D eigenvalue weighted by Gasteiger charge is -2.29. The highest BCUT2D eigenvalue weighted by atomic mass is 16.2. The molecule has 0 saturated carbocycles. The molecule has 13 nitrogen and oxygen atoms in total. The number of hydrogen-bond acceptors (Lipinski definition) is 8. The molecule has 13 heteroatoms. The van der Waals surface area contributed by atoms with Crippen molar-refractivity contribution in [2.75, 3.05) is 56.9 Å². The van der Waals surface area contributed by atoms with Gasteiger partial charge in [0.25, 0.3) is 0 Å². The van der Waals surface area contributed by atoms with E-state index < -0.39 is 5.41 Å². The first-order valence-corrected chi connectivity index (χ1v) is 15.4. The van der Waals surface area contributed by atoms with Crippen molar-refractivity contribution in [2.45, 2.75) is 19.3 Å². The van der Waals surface area contributed by atoms with Crippen LogP contribution in [0, 0.1) is 10.8 Å². The smallest absolute Gasteiger partial charge is 0.237 e. The summed E-state index contributed by atoms with van der Waals surface area (Å²) in [6.07, 6.45) is 7.27. The van der Waals surface area contributed by atoms with Crippen LogP contribution < -0.4 is 16.4 Å². The van der Waals surface area contributed by atoms with Gasteiger partial charge >= 0.3 is 0 Å². The molecule has 0 aliphatic carbocycles. The van der Waals surface area contributed by atoms with E-state index in [2.05, 4.69) is 31.2 Å². The van der Waals surface area contributed by atoms with E-state index in [9.17, 15) is 9.59 Å². The minimum atomic E-state index is -0.515. The van der Waals surface area contributed by atoms with Crippen molar-refractivity contribution in [3.05, 3.63) is 77.1 Å². The number of likely N-dealkylation sites (tertiary alicyclic amines) is 1. The summed E-state index contributed by atoms with van der Waals surface area (Å²) in [7, 11) is 3.34. The summed E-state index contributed by atoms with van der Waals surface area (Å²) in [5.41, 5.74) is 17.1. The lowest BCUT2D eigenvalue weighted by Crippen LogP contribution is -2.43. The molecule has 0 radical (unpaired) electrons.